The summed E-state index contributed by atoms with van der Waals surface area (Å²) in [6, 6.07) is 5.36. The number of aromatic nitrogens is 2. The predicted molar refractivity (Wildman–Crippen MR) is 84.4 cm³/mol. The van der Waals surface area contributed by atoms with Crippen LogP contribution in [0.5, 0.6) is 5.75 Å². The second-order valence-corrected chi connectivity index (χ2v) is 4.76. The number of aryl methyl sites for hydroxylation is 1. The van der Waals surface area contributed by atoms with E-state index >= 15 is 0 Å². The molecule has 23 heavy (non-hydrogen) atoms. The van der Waals surface area contributed by atoms with Gasteiger partial charge in [-0.2, -0.15) is 0 Å². The summed E-state index contributed by atoms with van der Waals surface area (Å²) < 4.78 is 5.25. The van der Waals surface area contributed by atoms with Crippen LogP contribution in [0.3, 0.4) is 0 Å². The summed E-state index contributed by atoms with van der Waals surface area (Å²) in [5.41, 5.74) is 1.59. The lowest BCUT2D eigenvalue weighted by Crippen LogP contribution is -2.35. The molecule has 0 unspecified atom stereocenters. The minimum atomic E-state index is -0.333. The fraction of sp³-hybridized carbons (Fsp3) is 0.250. The molecule has 0 saturated carbocycles. The maximum atomic E-state index is 12.2. The fourth-order valence-electron chi connectivity index (χ4n) is 2.06. The predicted octanol–water partition coefficient (Wildman–Crippen LogP) is 0.953. The van der Waals surface area contributed by atoms with Crippen LogP contribution in [0.4, 0.5) is 0 Å². The van der Waals surface area contributed by atoms with Crippen LogP contribution >= 0.6 is 0 Å². The fourth-order valence-corrected chi connectivity index (χ4v) is 2.06. The molecule has 0 atom stereocenters. The number of methoxy groups -OCH3 is 1. The molecule has 2 rings (SSSR count). The minimum Gasteiger partial charge on any atom is -0.496 e. The average molecular weight is 314 g/mol. The van der Waals surface area contributed by atoms with Crippen molar-refractivity contribution in [3.63, 3.8) is 0 Å². The zero-order valence-corrected chi connectivity index (χ0v) is 13.0. The summed E-state index contributed by atoms with van der Waals surface area (Å²) >= 11 is 0. The largest absolute Gasteiger partial charge is 0.496 e. The average Bonchev–Trinajstić information content (AvgIpc) is 2.58. The van der Waals surface area contributed by atoms with Gasteiger partial charge in [0, 0.05) is 25.5 Å². The second kappa shape index (κ2) is 7.88. The topological polar surface area (TPSA) is 93.2 Å². The highest BCUT2D eigenvalue weighted by Crippen LogP contribution is 2.22. The molecule has 0 bridgehead atoms. The number of carbonyl (C=O) groups excluding carboxylic acids is 2. The van der Waals surface area contributed by atoms with Crippen molar-refractivity contribution >= 4 is 11.8 Å². The highest BCUT2D eigenvalue weighted by atomic mass is 16.5. The number of ether oxygens (including phenoxy) is 1. The van der Waals surface area contributed by atoms with Gasteiger partial charge in [0.1, 0.15) is 11.4 Å². The van der Waals surface area contributed by atoms with Gasteiger partial charge >= 0.3 is 0 Å². The van der Waals surface area contributed by atoms with E-state index in [1.54, 1.807) is 12.1 Å². The first kappa shape index (κ1) is 16.4. The molecule has 0 aliphatic heterocycles. The normalized spacial score (nSPS) is 10.0. The zero-order valence-electron chi connectivity index (χ0n) is 13.0. The lowest BCUT2D eigenvalue weighted by atomic mass is 10.1. The molecular weight excluding hydrogens is 296 g/mol. The van der Waals surface area contributed by atoms with Gasteiger partial charge in [-0.3, -0.25) is 14.6 Å². The summed E-state index contributed by atoms with van der Waals surface area (Å²) in [6.45, 7) is 2.45. The van der Waals surface area contributed by atoms with Gasteiger partial charge < -0.3 is 15.4 Å². The van der Waals surface area contributed by atoms with Gasteiger partial charge in [0.05, 0.1) is 18.9 Å². The molecule has 0 saturated heterocycles. The molecule has 1 heterocycles. The third-order valence-corrected chi connectivity index (χ3v) is 3.15. The van der Waals surface area contributed by atoms with Gasteiger partial charge in [-0.1, -0.05) is 12.1 Å². The number of hydrogen-bond acceptors (Lipinski definition) is 5. The maximum Gasteiger partial charge on any atom is 0.271 e. The van der Waals surface area contributed by atoms with Crippen molar-refractivity contribution in [2.24, 2.45) is 0 Å². The number of benzene rings is 1. The second-order valence-electron chi connectivity index (χ2n) is 4.76. The first-order chi connectivity index (χ1) is 11.1. The molecular formula is C16H18N4O3. The van der Waals surface area contributed by atoms with Crippen molar-refractivity contribution in [1.82, 2.24) is 20.6 Å². The Hall–Kier alpha value is -2.96. The van der Waals surface area contributed by atoms with Crippen LogP contribution in [0, 0.1) is 6.92 Å². The van der Waals surface area contributed by atoms with Crippen molar-refractivity contribution in [2.45, 2.75) is 6.92 Å². The number of rotatable bonds is 6. The van der Waals surface area contributed by atoms with Crippen LogP contribution in [0.2, 0.25) is 0 Å². The third-order valence-electron chi connectivity index (χ3n) is 3.15. The van der Waals surface area contributed by atoms with E-state index in [1.165, 1.54) is 25.7 Å². The molecule has 0 spiro atoms. The lowest BCUT2D eigenvalue weighted by molar-refractivity contribution is 0.0923. The Morgan fingerprint density at radius 2 is 1.87 bits per heavy atom. The van der Waals surface area contributed by atoms with E-state index < -0.39 is 0 Å². The maximum absolute atomic E-state index is 12.2. The van der Waals surface area contributed by atoms with Crippen molar-refractivity contribution in [3.8, 4) is 5.75 Å². The number of nitrogens with one attached hydrogen (secondary N) is 2. The Morgan fingerprint density at radius 1 is 1.13 bits per heavy atom. The number of amides is 2. The van der Waals surface area contributed by atoms with E-state index in [0.29, 0.717) is 17.9 Å². The Balaban J connectivity index is 1.84. The minimum absolute atomic E-state index is 0.235. The van der Waals surface area contributed by atoms with Gasteiger partial charge in [-0.15, -0.1) is 0 Å². The van der Waals surface area contributed by atoms with Crippen LogP contribution in [0.1, 0.15) is 26.4 Å². The highest BCUT2D eigenvalue weighted by molar-refractivity contribution is 5.97. The molecule has 0 aliphatic rings. The number of para-hydroxylation sites is 1. The molecule has 0 fully saturated rings. The third kappa shape index (κ3) is 4.26. The molecule has 1 aromatic heterocycles. The van der Waals surface area contributed by atoms with Gasteiger partial charge in [0.2, 0.25) is 0 Å². The molecule has 0 aliphatic carbocycles. The van der Waals surface area contributed by atoms with E-state index in [2.05, 4.69) is 20.6 Å². The Kier molecular flexibility index (Phi) is 5.62. The Morgan fingerprint density at radius 3 is 2.52 bits per heavy atom. The standard InChI is InChI=1S/C16H18N4O3/c1-11-4-3-5-12(14(11)23-2)15(21)19-8-9-20-16(22)13-10-17-6-7-18-13/h3-7,10H,8-9H2,1-2H3,(H,19,21)(H,20,22). The van der Waals surface area contributed by atoms with Crippen LogP contribution in [0.25, 0.3) is 0 Å². The van der Waals surface area contributed by atoms with Crippen molar-refractivity contribution in [3.05, 3.63) is 53.6 Å². The van der Waals surface area contributed by atoms with E-state index in [9.17, 15) is 9.59 Å². The quantitative estimate of drug-likeness (QED) is 0.775. The lowest BCUT2D eigenvalue weighted by Gasteiger charge is -2.11. The molecule has 7 heteroatoms. The molecule has 1 aromatic carbocycles. The molecule has 7 nitrogen and oxygen atoms in total. The van der Waals surface area contributed by atoms with Crippen molar-refractivity contribution in [1.29, 1.82) is 0 Å². The molecule has 120 valence electrons. The number of nitrogens with zero attached hydrogens (tertiary/aromatic N) is 2. The first-order valence-electron chi connectivity index (χ1n) is 7.09. The molecule has 2 amide bonds. The van der Waals surface area contributed by atoms with Crippen LogP contribution in [-0.2, 0) is 0 Å². The Labute approximate surface area is 134 Å². The van der Waals surface area contributed by atoms with Crippen molar-refractivity contribution in [2.75, 3.05) is 20.2 Å². The summed E-state index contributed by atoms with van der Waals surface area (Å²) in [4.78, 5) is 31.6. The van der Waals surface area contributed by atoms with E-state index in [0.717, 1.165) is 5.56 Å². The van der Waals surface area contributed by atoms with Crippen LogP contribution < -0.4 is 15.4 Å². The molecule has 2 aromatic rings. The zero-order chi connectivity index (χ0) is 16.7. The smallest absolute Gasteiger partial charge is 0.271 e. The van der Waals surface area contributed by atoms with E-state index in [1.807, 2.05) is 13.0 Å². The SMILES string of the molecule is COc1c(C)cccc1C(=O)NCCNC(=O)c1cnccn1. The summed E-state index contributed by atoms with van der Waals surface area (Å²) in [7, 11) is 1.53. The van der Waals surface area contributed by atoms with Crippen molar-refractivity contribution < 1.29 is 14.3 Å². The van der Waals surface area contributed by atoms with Gasteiger partial charge in [-0.05, 0) is 18.6 Å². The number of carbonyl (C=O) groups is 2. The highest BCUT2D eigenvalue weighted by Gasteiger charge is 2.13. The Bertz CT molecular complexity index is 689. The first-order valence-corrected chi connectivity index (χ1v) is 7.09. The summed E-state index contributed by atoms with van der Waals surface area (Å²) in [5.74, 6) is -0.0339. The van der Waals surface area contributed by atoms with Gasteiger partial charge in [0.15, 0.2) is 0 Å². The summed E-state index contributed by atoms with van der Waals surface area (Å²) in [5, 5.41) is 5.40. The van der Waals surface area contributed by atoms with Crippen LogP contribution in [-0.4, -0.2) is 42.0 Å². The van der Waals surface area contributed by atoms with E-state index in [4.69, 9.17) is 4.74 Å². The van der Waals surface area contributed by atoms with Gasteiger partial charge in [0.25, 0.3) is 11.8 Å². The van der Waals surface area contributed by atoms with Crippen LogP contribution in [0.15, 0.2) is 36.8 Å². The van der Waals surface area contributed by atoms with E-state index in [-0.39, 0.29) is 24.1 Å². The summed E-state index contributed by atoms with van der Waals surface area (Å²) in [6.07, 6.45) is 4.32. The monoisotopic (exact) mass is 314 g/mol. The van der Waals surface area contributed by atoms with Gasteiger partial charge in [-0.25, -0.2) is 4.98 Å². The number of hydrogen-bond donors (Lipinski definition) is 2. The molecule has 2 N–H and O–H groups in total. The molecule has 0 radical (unpaired) electrons.